The SMILES string of the molecule is COc1ccccc1C1(C(=O)NC(C)c2nc(C)c(C(=O)O)s2)CC1. The Morgan fingerprint density at radius 1 is 1.36 bits per heavy atom. The Bertz CT molecular complexity index is 826. The highest BCUT2D eigenvalue weighted by atomic mass is 32.1. The molecule has 0 bridgehead atoms. The molecule has 2 N–H and O–H groups in total. The Balaban J connectivity index is 1.80. The van der Waals surface area contributed by atoms with Crippen LogP contribution in [0.25, 0.3) is 0 Å². The lowest BCUT2D eigenvalue weighted by Gasteiger charge is -2.20. The lowest BCUT2D eigenvalue weighted by molar-refractivity contribution is -0.124. The standard InChI is InChI=1S/C18H20N2O4S/c1-10-14(16(21)22)25-15(19-10)11(2)20-17(23)18(8-9-18)12-6-4-5-7-13(12)24-3/h4-7,11H,8-9H2,1-3H3,(H,20,23)(H,21,22). The highest BCUT2D eigenvalue weighted by molar-refractivity contribution is 7.13. The van der Waals surface area contributed by atoms with Gasteiger partial charge in [0, 0.05) is 5.56 Å². The van der Waals surface area contributed by atoms with E-state index in [0.29, 0.717) is 16.5 Å². The van der Waals surface area contributed by atoms with Crippen LogP contribution in [0.2, 0.25) is 0 Å². The second kappa shape index (κ2) is 6.48. The third kappa shape index (κ3) is 3.11. The Morgan fingerprint density at radius 2 is 2.04 bits per heavy atom. The average molecular weight is 360 g/mol. The van der Waals surface area contributed by atoms with E-state index in [1.54, 1.807) is 14.0 Å². The van der Waals surface area contributed by atoms with Gasteiger partial charge >= 0.3 is 5.97 Å². The maximum absolute atomic E-state index is 12.9. The highest BCUT2D eigenvalue weighted by Gasteiger charge is 2.53. The van der Waals surface area contributed by atoms with Gasteiger partial charge in [0.25, 0.3) is 0 Å². The molecule has 7 heteroatoms. The second-order valence-corrected chi connectivity index (χ2v) is 7.28. The average Bonchev–Trinajstić information content (AvgIpc) is 3.31. The summed E-state index contributed by atoms with van der Waals surface area (Å²) in [5.41, 5.74) is 0.797. The second-order valence-electron chi connectivity index (χ2n) is 6.25. The van der Waals surface area contributed by atoms with Gasteiger partial charge in [-0.3, -0.25) is 4.79 Å². The van der Waals surface area contributed by atoms with Crippen LogP contribution >= 0.6 is 11.3 Å². The van der Waals surface area contributed by atoms with Crippen molar-refractivity contribution in [2.45, 2.75) is 38.1 Å². The number of hydrogen-bond acceptors (Lipinski definition) is 5. The van der Waals surface area contributed by atoms with Gasteiger partial charge in [-0.05, 0) is 32.8 Å². The van der Waals surface area contributed by atoms with Gasteiger partial charge in [-0.1, -0.05) is 18.2 Å². The maximum Gasteiger partial charge on any atom is 0.347 e. The minimum Gasteiger partial charge on any atom is -0.496 e. The first-order valence-electron chi connectivity index (χ1n) is 8.04. The molecule has 1 heterocycles. The predicted molar refractivity (Wildman–Crippen MR) is 94.3 cm³/mol. The van der Waals surface area contributed by atoms with Gasteiger partial charge < -0.3 is 15.2 Å². The fourth-order valence-corrected chi connectivity index (χ4v) is 3.89. The molecule has 1 unspecified atom stereocenters. The fourth-order valence-electron chi connectivity index (χ4n) is 2.98. The van der Waals surface area contributed by atoms with E-state index in [1.165, 1.54) is 0 Å². The van der Waals surface area contributed by atoms with Crippen molar-refractivity contribution in [2.24, 2.45) is 0 Å². The van der Waals surface area contributed by atoms with E-state index in [9.17, 15) is 9.59 Å². The number of aromatic nitrogens is 1. The zero-order valence-electron chi connectivity index (χ0n) is 14.3. The normalized spacial score (nSPS) is 16.1. The molecule has 1 amide bonds. The number of methoxy groups -OCH3 is 1. The first kappa shape index (κ1) is 17.4. The van der Waals surface area contributed by atoms with Gasteiger partial charge in [0.15, 0.2) is 0 Å². The third-order valence-electron chi connectivity index (χ3n) is 4.53. The molecule has 1 saturated carbocycles. The van der Waals surface area contributed by atoms with E-state index < -0.39 is 11.4 Å². The Hall–Kier alpha value is -2.41. The van der Waals surface area contributed by atoms with Gasteiger partial charge in [-0.2, -0.15) is 0 Å². The molecule has 0 saturated heterocycles. The van der Waals surface area contributed by atoms with Crippen LogP contribution < -0.4 is 10.1 Å². The molecule has 1 aromatic heterocycles. The minimum absolute atomic E-state index is 0.0748. The molecule has 1 aliphatic carbocycles. The molecule has 3 rings (SSSR count). The van der Waals surface area contributed by atoms with Crippen LogP contribution in [-0.4, -0.2) is 29.1 Å². The van der Waals surface area contributed by atoms with Crippen molar-refractivity contribution < 1.29 is 19.4 Å². The first-order chi connectivity index (χ1) is 11.9. The van der Waals surface area contributed by atoms with Crippen molar-refractivity contribution in [1.82, 2.24) is 10.3 Å². The topological polar surface area (TPSA) is 88.5 Å². The van der Waals surface area contributed by atoms with Gasteiger partial charge in [-0.15, -0.1) is 11.3 Å². The molecule has 1 aliphatic rings. The molecule has 0 spiro atoms. The van der Waals surface area contributed by atoms with Crippen LogP contribution in [0.15, 0.2) is 24.3 Å². The molecule has 1 atom stereocenters. The summed E-state index contributed by atoms with van der Waals surface area (Å²) in [6.45, 7) is 3.48. The number of aromatic carboxylic acids is 1. The molecular formula is C18H20N2O4S. The van der Waals surface area contributed by atoms with Gasteiger partial charge in [0.1, 0.15) is 15.6 Å². The monoisotopic (exact) mass is 360 g/mol. The highest BCUT2D eigenvalue weighted by Crippen LogP contribution is 2.51. The smallest absolute Gasteiger partial charge is 0.347 e. The van der Waals surface area contributed by atoms with E-state index in [-0.39, 0.29) is 16.8 Å². The number of carbonyl (C=O) groups excluding carboxylic acids is 1. The molecule has 0 aliphatic heterocycles. The number of benzene rings is 1. The number of hydrogen-bond donors (Lipinski definition) is 2. The number of amides is 1. The molecule has 1 fully saturated rings. The van der Waals surface area contributed by atoms with Crippen molar-refractivity contribution in [1.29, 1.82) is 0 Å². The van der Waals surface area contributed by atoms with E-state index >= 15 is 0 Å². The summed E-state index contributed by atoms with van der Waals surface area (Å²) in [6, 6.07) is 7.21. The number of carboxylic acid groups (broad SMARTS) is 1. The van der Waals surface area contributed by atoms with Crippen molar-refractivity contribution in [2.75, 3.05) is 7.11 Å². The molecule has 132 valence electrons. The van der Waals surface area contributed by atoms with E-state index in [4.69, 9.17) is 9.84 Å². The summed E-state index contributed by atoms with van der Waals surface area (Å²) < 4.78 is 5.40. The molecule has 1 aromatic carbocycles. The Kier molecular flexibility index (Phi) is 4.51. The number of rotatable bonds is 6. The van der Waals surface area contributed by atoms with Crippen molar-refractivity contribution in [3.05, 3.63) is 45.4 Å². The predicted octanol–water partition coefficient (Wildman–Crippen LogP) is 3.07. The van der Waals surface area contributed by atoms with Crippen LogP contribution in [0.1, 0.15) is 51.7 Å². The molecule has 25 heavy (non-hydrogen) atoms. The van der Waals surface area contributed by atoms with Gasteiger partial charge in [0.05, 0.1) is 24.3 Å². The Morgan fingerprint density at radius 3 is 2.60 bits per heavy atom. The van der Waals surface area contributed by atoms with Crippen molar-refractivity contribution >= 4 is 23.2 Å². The molecule has 2 aromatic rings. The number of ether oxygens (including phenoxy) is 1. The van der Waals surface area contributed by atoms with Gasteiger partial charge in [0.2, 0.25) is 5.91 Å². The van der Waals surface area contributed by atoms with Gasteiger partial charge in [-0.25, -0.2) is 9.78 Å². The third-order valence-corrected chi connectivity index (χ3v) is 5.86. The van der Waals surface area contributed by atoms with E-state index in [1.807, 2.05) is 31.2 Å². The molecule has 0 radical (unpaired) electrons. The van der Waals surface area contributed by atoms with Crippen molar-refractivity contribution in [3.63, 3.8) is 0 Å². The summed E-state index contributed by atoms with van der Waals surface area (Å²) >= 11 is 1.10. The number of carboxylic acids is 1. The van der Waals surface area contributed by atoms with Crippen LogP contribution in [0, 0.1) is 6.92 Å². The minimum atomic E-state index is -0.993. The largest absolute Gasteiger partial charge is 0.496 e. The zero-order chi connectivity index (χ0) is 18.2. The molecule has 6 nitrogen and oxygen atoms in total. The maximum atomic E-state index is 12.9. The summed E-state index contributed by atoms with van der Waals surface area (Å²) in [4.78, 5) is 28.6. The number of nitrogens with one attached hydrogen (secondary N) is 1. The first-order valence-corrected chi connectivity index (χ1v) is 8.86. The van der Waals surface area contributed by atoms with Crippen molar-refractivity contribution in [3.8, 4) is 5.75 Å². The fraction of sp³-hybridized carbons (Fsp3) is 0.389. The number of thiazole rings is 1. The summed E-state index contributed by atoms with van der Waals surface area (Å²) in [7, 11) is 1.60. The number of nitrogens with zero attached hydrogens (tertiary/aromatic N) is 1. The molecular weight excluding hydrogens is 340 g/mol. The zero-order valence-corrected chi connectivity index (χ0v) is 15.1. The van der Waals surface area contributed by atoms with Crippen LogP contribution in [-0.2, 0) is 10.2 Å². The van der Waals surface area contributed by atoms with E-state index in [0.717, 1.165) is 29.7 Å². The summed E-state index contributed by atoms with van der Waals surface area (Å²) in [5.74, 6) is -0.359. The lowest BCUT2D eigenvalue weighted by atomic mass is 9.93. The number of carbonyl (C=O) groups is 2. The quantitative estimate of drug-likeness (QED) is 0.826. The van der Waals surface area contributed by atoms with Crippen LogP contribution in [0.3, 0.4) is 0 Å². The number of aryl methyl sites for hydroxylation is 1. The summed E-state index contributed by atoms with van der Waals surface area (Å²) in [5, 5.41) is 12.7. The number of para-hydroxylation sites is 1. The summed E-state index contributed by atoms with van der Waals surface area (Å²) in [6.07, 6.45) is 1.53. The van der Waals surface area contributed by atoms with Crippen LogP contribution in [0.4, 0.5) is 0 Å². The van der Waals surface area contributed by atoms with E-state index in [2.05, 4.69) is 10.3 Å². The lowest BCUT2D eigenvalue weighted by Crippen LogP contribution is -2.36. The van der Waals surface area contributed by atoms with Crippen LogP contribution in [0.5, 0.6) is 5.75 Å². The Labute approximate surface area is 149 Å².